The molecule has 0 bridgehead atoms. The van der Waals surface area contributed by atoms with Gasteiger partial charge >= 0.3 is 6.18 Å². The van der Waals surface area contributed by atoms with Gasteiger partial charge in [0.2, 0.25) is 5.91 Å². The zero-order valence-electron chi connectivity index (χ0n) is 17.4. The molecule has 1 amide bonds. The predicted molar refractivity (Wildman–Crippen MR) is 111 cm³/mol. The molecule has 0 aromatic heterocycles. The molecular formula is C20H32F3N5O. The molecule has 6 nitrogen and oxygen atoms in total. The number of carbonyl (C=O) groups excluding carboxylic acids is 1. The third-order valence-corrected chi connectivity index (χ3v) is 4.21. The van der Waals surface area contributed by atoms with Gasteiger partial charge in [-0.3, -0.25) is 4.79 Å². The van der Waals surface area contributed by atoms with Crippen LogP contribution >= 0.6 is 0 Å². The van der Waals surface area contributed by atoms with E-state index in [0.717, 1.165) is 18.7 Å². The van der Waals surface area contributed by atoms with Gasteiger partial charge in [0.1, 0.15) is 6.54 Å². The Bertz CT molecular complexity index is 620. The number of alkyl halides is 3. The number of guanidine groups is 1. The minimum atomic E-state index is -4.13. The maximum Gasteiger partial charge on any atom is 0.389 e. The summed E-state index contributed by atoms with van der Waals surface area (Å²) in [7, 11) is 5.31. The number of anilines is 1. The van der Waals surface area contributed by atoms with E-state index in [9.17, 15) is 18.0 Å². The summed E-state index contributed by atoms with van der Waals surface area (Å²) < 4.78 is 36.7. The maximum absolute atomic E-state index is 12.2. The summed E-state index contributed by atoms with van der Waals surface area (Å²) in [5.41, 5.74) is 1.13. The van der Waals surface area contributed by atoms with E-state index >= 15 is 0 Å². The molecule has 1 rings (SSSR count). The second kappa shape index (κ2) is 12.9. The maximum atomic E-state index is 12.2. The summed E-state index contributed by atoms with van der Waals surface area (Å²) in [5.74, 6) is 0.293. The quantitative estimate of drug-likeness (QED) is 0.332. The molecule has 0 unspecified atom stereocenters. The number of amides is 1. The molecule has 1 aromatic rings. The highest BCUT2D eigenvalue weighted by molar-refractivity contribution is 5.84. The molecule has 0 aliphatic carbocycles. The summed E-state index contributed by atoms with van der Waals surface area (Å²) in [4.78, 5) is 19.6. The lowest BCUT2D eigenvalue weighted by molar-refractivity contribution is -0.135. The first kappa shape index (κ1) is 24.6. The van der Waals surface area contributed by atoms with Crippen LogP contribution in [0.2, 0.25) is 0 Å². The number of likely N-dealkylation sites (N-methyl/N-ethyl adjacent to an activating group) is 1. The molecule has 9 heteroatoms. The normalized spacial score (nSPS) is 11.9. The molecule has 0 saturated carbocycles. The van der Waals surface area contributed by atoms with Crippen molar-refractivity contribution in [1.29, 1.82) is 0 Å². The Balaban J connectivity index is 2.42. The molecule has 0 heterocycles. The number of rotatable bonds is 11. The lowest BCUT2D eigenvalue weighted by Gasteiger charge is -2.20. The number of nitrogens with zero attached hydrogens (tertiary/aromatic N) is 3. The topological polar surface area (TPSA) is 60.0 Å². The molecule has 0 saturated heterocycles. The minimum Gasteiger partial charge on any atom is -0.375 e. The minimum absolute atomic E-state index is 0.0190. The lowest BCUT2D eigenvalue weighted by Crippen LogP contribution is -2.40. The second-order valence-electron chi connectivity index (χ2n) is 6.99. The third kappa shape index (κ3) is 11.9. The summed E-state index contributed by atoms with van der Waals surface area (Å²) in [5, 5.41) is 6.15. The Hall–Kier alpha value is -2.45. The van der Waals surface area contributed by atoms with Crippen molar-refractivity contribution in [3.63, 3.8) is 0 Å². The highest BCUT2D eigenvalue weighted by Crippen LogP contribution is 2.21. The van der Waals surface area contributed by atoms with Crippen LogP contribution in [-0.4, -0.2) is 70.3 Å². The lowest BCUT2D eigenvalue weighted by atomic mass is 10.2. The fraction of sp³-hybridized carbons (Fsp3) is 0.600. The van der Waals surface area contributed by atoms with E-state index in [2.05, 4.69) is 20.5 Å². The average molecular weight is 416 g/mol. The number of halogens is 3. The van der Waals surface area contributed by atoms with E-state index in [0.29, 0.717) is 25.5 Å². The predicted octanol–water partition coefficient (Wildman–Crippen LogP) is 2.87. The number of hydrogen-bond donors (Lipinski definition) is 2. The van der Waals surface area contributed by atoms with E-state index in [1.807, 2.05) is 37.4 Å². The molecule has 2 N–H and O–H groups in total. The van der Waals surface area contributed by atoms with Gasteiger partial charge in [0.25, 0.3) is 0 Å². The number of aliphatic imine (C=N–C) groups is 1. The Morgan fingerprint density at radius 3 is 2.21 bits per heavy atom. The van der Waals surface area contributed by atoms with Crippen LogP contribution in [0, 0.1) is 0 Å². The van der Waals surface area contributed by atoms with Crippen molar-refractivity contribution in [1.82, 2.24) is 15.5 Å². The SMILES string of the molecule is CN(C)C(=O)CN=C(NCCCCC(F)(F)F)NCCCN(C)c1ccccc1. The van der Waals surface area contributed by atoms with E-state index in [-0.39, 0.29) is 18.9 Å². The Kier molecular flexibility index (Phi) is 10.9. The fourth-order valence-corrected chi connectivity index (χ4v) is 2.45. The van der Waals surface area contributed by atoms with Gasteiger partial charge in [0.05, 0.1) is 0 Å². The summed E-state index contributed by atoms with van der Waals surface area (Å²) in [6.07, 6.45) is -3.65. The Labute approximate surface area is 171 Å². The van der Waals surface area contributed by atoms with Crippen LogP contribution in [0.25, 0.3) is 0 Å². The van der Waals surface area contributed by atoms with E-state index in [1.165, 1.54) is 4.90 Å². The molecule has 1 aromatic carbocycles. The van der Waals surface area contributed by atoms with E-state index < -0.39 is 12.6 Å². The van der Waals surface area contributed by atoms with E-state index in [1.54, 1.807) is 14.1 Å². The van der Waals surface area contributed by atoms with Crippen molar-refractivity contribution in [3.8, 4) is 0 Å². The van der Waals surface area contributed by atoms with Gasteiger partial charge in [-0.2, -0.15) is 13.2 Å². The molecular weight excluding hydrogens is 383 g/mol. The van der Waals surface area contributed by atoms with Gasteiger partial charge in [0, 0.05) is 52.9 Å². The first-order chi connectivity index (χ1) is 13.7. The second-order valence-corrected chi connectivity index (χ2v) is 6.99. The summed E-state index contributed by atoms with van der Waals surface area (Å²) in [6.45, 7) is 1.80. The average Bonchev–Trinajstić information content (AvgIpc) is 2.67. The van der Waals surface area contributed by atoms with Crippen LogP contribution in [-0.2, 0) is 4.79 Å². The van der Waals surface area contributed by atoms with Crippen molar-refractivity contribution in [2.24, 2.45) is 4.99 Å². The highest BCUT2D eigenvalue weighted by Gasteiger charge is 2.25. The number of para-hydroxylation sites is 1. The summed E-state index contributed by atoms with van der Waals surface area (Å²) >= 11 is 0. The first-order valence-corrected chi connectivity index (χ1v) is 9.74. The molecule has 29 heavy (non-hydrogen) atoms. The smallest absolute Gasteiger partial charge is 0.375 e. The van der Waals surface area contributed by atoms with Gasteiger partial charge in [0.15, 0.2) is 5.96 Å². The van der Waals surface area contributed by atoms with Crippen molar-refractivity contribution in [3.05, 3.63) is 30.3 Å². The number of benzene rings is 1. The number of hydrogen-bond acceptors (Lipinski definition) is 3. The van der Waals surface area contributed by atoms with Gasteiger partial charge in [-0.05, 0) is 31.4 Å². The van der Waals surface area contributed by atoms with Crippen LogP contribution in [0.3, 0.4) is 0 Å². The number of unbranched alkanes of at least 4 members (excludes halogenated alkanes) is 1. The monoisotopic (exact) mass is 415 g/mol. The standard InChI is InChI=1S/C20H32F3N5O/c1-27(2)18(29)16-26-19(24-13-8-7-12-20(21,22)23)25-14-9-15-28(3)17-10-5-4-6-11-17/h4-6,10-11H,7-9,12-16H2,1-3H3,(H2,24,25,26). The highest BCUT2D eigenvalue weighted by atomic mass is 19.4. The molecule has 0 spiro atoms. The van der Waals surface area contributed by atoms with Crippen molar-refractivity contribution in [2.75, 3.05) is 52.2 Å². The molecule has 0 aliphatic rings. The molecule has 0 fully saturated rings. The van der Waals surface area contributed by atoms with E-state index in [4.69, 9.17) is 0 Å². The molecule has 0 atom stereocenters. The fourth-order valence-electron chi connectivity index (χ4n) is 2.45. The zero-order valence-corrected chi connectivity index (χ0v) is 17.4. The largest absolute Gasteiger partial charge is 0.389 e. The van der Waals surface area contributed by atoms with Gasteiger partial charge in [-0.1, -0.05) is 18.2 Å². The zero-order chi connectivity index (χ0) is 21.7. The van der Waals surface area contributed by atoms with Crippen LogP contribution in [0.1, 0.15) is 25.7 Å². The van der Waals surface area contributed by atoms with Crippen molar-refractivity contribution in [2.45, 2.75) is 31.9 Å². The van der Waals surface area contributed by atoms with Crippen LogP contribution in [0.15, 0.2) is 35.3 Å². The Morgan fingerprint density at radius 2 is 1.62 bits per heavy atom. The van der Waals surface area contributed by atoms with Crippen LogP contribution < -0.4 is 15.5 Å². The Morgan fingerprint density at radius 1 is 1.00 bits per heavy atom. The van der Waals surface area contributed by atoms with Gasteiger partial charge < -0.3 is 20.4 Å². The van der Waals surface area contributed by atoms with Gasteiger partial charge in [-0.15, -0.1) is 0 Å². The first-order valence-electron chi connectivity index (χ1n) is 9.74. The molecule has 0 radical (unpaired) electrons. The third-order valence-electron chi connectivity index (χ3n) is 4.21. The number of nitrogens with one attached hydrogen (secondary N) is 2. The van der Waals surface area contributed by atoms with Crippen LogP contribution in [0.4, 0.5) is 18.9 Å². The molecule has 164 valence electrons. The van der Waals surface area contributed by atoms with Crippen LogP contribution in [0.5, 0.6) is 0 Å². The number of carbonyl (C=O) groups is 1. The molecule has 0 aliphatic heterocycles. The van der Waals surface area contributed by atoms with Crippen molar-refractivity contribution >= 4 is 17.6 Å². The van der Waals surface area contributed by atoms with Crippen molar-refractivity contribution < 1.29 is 18.0 Å². The van der Waals surface area contributed by atoms with Gasteiger partial charge in [-0.25, -0.2) is 4.99 Å². The summed E-state index contributed by atoms with van der Waals surface area (Å²) in [6, 6.07) is 10.0.